The van der Waals surface area contributed by atoms with E-state index in [0.717, 1.165) is 5.56 Å². The summed E-state index contributed by atoms with van der Waals surface area (Å²) in [6, 6.07) is 20.2. The predicted molar refractivity (Wildman–Crippen MR) is 104 cm³/mol. The first-order valence-corrected chi connectivity index (χ1v) is 8.69. The molecule has 0 spiro atoms. The lowest BCUT2D eigenvalue weighted by atomic mass is 9.66. The van der Waals surface area contributed by atoms with Gasteiger partial charge in [-0.25, -0.2) is 0 Å². The number of halogens is 2. The number of nitrogens with zero attached hydrogens (tertiary/aromatic N) is 3. The molecule has 6 heteroatoms. The number of nitriles is 3. The number of benzene rings is 2. The summed E-state index contributed by atoms with van der Waals surface area (Å²) in [6.45, 7) is 0. The minimum Gasteiger partial charge on any atom is -0.399 e. The van der Waals surface area contributed by atoms with Gasteiger partial charge in [0.15, 0.2) is 5.41 Å². The average molecular weight is 391 g/mol. The molecule has 0 aliphatic heterocycles. The van der Waals surface area contributed by atoms with Crippen LogP contribution in [0.2, 0.25) is 10.0 Å². The van der Waals surface area contributed by atoms with Crippen molar-refractivity contribution in [2.75, 3.05) is 0 Å². The minimum atomic E-state index is -1.67. The second kappa shape index (κ2) is 7.18. The second-order valence-corrected chi connectivity index (χ2v) is 6.84. The molecule has 2 N–H and O–H groups in total. The van der Waals surface area contributed by atoms with Gasteiger partial charge in [0, 0.05) is 5.92 Å². The van der Waals surface area contributed by atoms with Gasteiger partial charge >= 0.3 is 0 Å². The quantitative estimate of drug-likeness (QED) is 0.784. The lowest BCUT2D eigenvalue weighted by molar-refractivity contribution is 0.534. The lowest BCUT2D eigenvalue weighted by Gasteiger charge is -2.33. The number of hydrogen-bond acceptors (Lipinski definition) is 4. The SMILES string of the molecule is N#CC1=C(N)C(C#N)(C#N)C(c2ccccc2)C=C1c1ccc(Cl)c(Cl)c1. The number of nitrogens with two attached hydrogens (primary N) is 1. The molecular formula is C21H12Cl2N4. The third kappa shape index (κ3) is 2.94. The van der Waals surface area contributed by atoms with Crippen LogP contribution in [0.15, 0.2) is 65.9 Å². The van der Waals surface area contributed by atoms with E-state index in [0.29, 0.717) is 21.2 Å². The van der Waals surface area contributed by atoms with Crippen molar-refractivity contribution in [3.8, 4) is 18.2 Å². The molecule has 1 aliphatic rings. The van der Waals surface area contributed by atoms with Crippen LogP contribution in [0.1, 0.15) is 17.0 Å². The van der Waals surface area contributed by atoms with E-state index in [9.17, 15) is 15.8 Å². The van der Waals surface area contributed by atoms with Gasteiger partial charge in [0.1, 0.15) is 6.07 Å². The van der Waals surface area contributed by atoms with E-state index >= 15 is 0 Å². The molecule has 0 saturated carbocycles. The third-order valence-corrected chi connectivity index (χ3v) is 5.36. The summed E-state index contributed by atoms with van der Waals surface area (Å²) in [6.07, 6.45) is 1.73. The van der Waals surface area contributed by atoms with Crippen LogP contribution in [-0.2, 0) is 0 Å². The van der Waals surface area contributed by atoms with Gasteiger partial charge < -0.3 is 5.73 Å². The van der Waals surface area contributed by atoms with Crippen molar-refractivity contribution in [1.82, 2.24) is 0 Å². The molecule has 0 heterocycles. The zero-order valence-corrected chi connectivity index (χ0v) is 15.5. The Labute approximate surface area is 167 Å². The van der Waals surface area contributed by atoms with Crippen molar-refractivity contribution in [3.63, 3.8) is 0 Å². The van der Waals surface area contributed by atoms with Gasteiger partial charge in [-0.05, 0) is 28.8 Å². The largest absolute Gasteiger partial charge is 0.399 e. The molecule has 4 nitrogen and oxygen atoms in total. The number of allylic oxidation sites excluding steroid dienone is 4. The predicted octanol–water partition coefficient (Wildman–Crippen LogP) is 4.94. The maximum absolute atomic E-state index is 9.83. The Morgan fingerprint density at radius 1 is 0.926 bits per heavy atom. The van der Waals surface area contributed by atoms with Gasteiger partial charge in [0.25, 0.3) is 0 Å². The molecule has 0 amide bonds. The summed E-state index contributed by atoms with van der Waals surface area (Å²) in [7, 11) is 0. The van der Waals surface area contributed by atoms with Crippen LogP contribution in [-0.4, -0.2) is 0 Å². The van der Waals surface area contributed by atoms with Gasteiger partial charge in [-0.1, -0.05) is 65.7 Å². The zero-order chi connectivity index (χ0) is 19.6. The maximum Gasteiger partial charge on any atom is 0.194 e. The Bertz CT molecular complexity index is 1080. The Morgan fingerprint density at radius 2 is 1.59 bits per heavy atom. The lowest BCUT2D eigenvalue weighted by Crippen LogP contribution is -2.35. The summed E-state index contributed by atoms with van der Waals surface area (Å²) < 4.78 is 0. The van der Waals surface area contributed by atoms with Gasteiger partial charge in [0.05, 0.1) is 33.5 Å². The first-order chi connectivity index (χ1) is 13.0. The highest BCUT2D eigenvalue weighted by atomic mass is 35.5. The van der Waals surface area contributed by atoms with E-state index in [-0.39, 0.29) is 11.3 Å². The Hall–Kier alpha value is -3.23. The maximum atomic E-state index is 9.83. The van der Waals surface area contributed by atoms with Crippen LogP contribution in [0.25, 0.3) is 5.57 Å². The first kappa shape index (κ1) is 18.6. The summed E-state index contributed by atoms with van der Waals surface area (Å²) in [5, 5.41) is 30.1. The fraction of sp³-hybridized carbons (Fsp3) is 0.0952. The zero-order valence-electron chi connectivity index (χ0n) is 13.9. The van der Waals surface area contributed by atoms with Crippen LogP contribution >= 0.6 is 23.2 Å². The number of rotatable bonds is 2. The average Bonchev–Trinajstić information content (AvgIpc) is 2.70. The fourth-order valence-corrected chi connectivity index (χ4v) is 3.50. The second-order valence-electron chi connectivity index (χ2n) is 6.03. The Balaban J connectivity index is 2.32. The molecule has 1 atom stereocenters. The van der Waals surface area contributed by atoms with Crippen LogP contribution in [0.4, 0.5) is 0 Å². The van der Waals surface area contributed by atoms with Crippen molar-refractivity contribution >= 4 is 28.8 Å². The minimum absolute atomic E-state index is 0.0626. The molecule has 0 radical (unpaired) electrons. The Kier molecular flexibility index (Phi) is 4.93. The summed E-state index contributed by atoms with van der Waals surface area (Å²) in [5.74, 6) is -0.643. The number of hydrogen-bond donors (Lipinski definition) is 1. The topological polar surface area (TPSA) is 97.4 Å². The van der Waals surface area contributed by atoms with Gasteiger partial charge in [-0.15, -0.1) is 0 Å². The molecule has 27 heavy (non-hydrogen) atoms. The normalized spacial score (nSPS) is 18.0. The molecule has 3 rings (SSSR count). The molecule has 0 aromatic heterocycles. The van der Waals surface area contributed by atoms with Crippen LogP contribution in [0, 0.1) is 39.4 Å². The standard InChI is InChI=1S/C21H12Cl2N4/c22-18-7-6-14(8-19(18)23)15-9-17(13-4-2-1-3-5-13)21(11-25,12-26)20(27)16(15)10-24/h1-9,17H,27H2. The molecule has 1 unspecified atom stereocenters. The van der Waals surface area contributed by atoms with E-state index in [2.05, 4.69) is 0 Å². The monoisotopic (exact) mass is 390 g/mol. The van der Waals surface area contributed by atoms with Crippen LogP contribution in [0.3, 0.4) is 0 Å². The van der Waals surface area contributed by atoms with E-state index in [1.807, 2.05) is 48.5 Å². The van der Waals surface area contributed by atoms with E-state index in [1.54, 1.807) is 24.3 Å². The summed E-state index contributed by atoms with van der Waals surface area (Å²) in [5.41, 5.74) is 6.47. The van der Waals surface area contributed by atoms with Crippen LogP contribution in [0.5, 0.6) is 0 Å². The van der Waals surface area contributed by atoms with Crippen molar-refractivity contribution in [2.45, 2.75) is 5.92 Å². The van der Waals surface area contributed by atoms with Crippen LogP contribution < -0.4 is 5.73 Å². The molecule has 0 saturated heterocycles. The van der Waals surface area contributed by atoms with Crippen molar-refractivity contribution < 1.29 is 0 Å². The molecule has 2 aromatic rings. The molecular weight excluding hydrogens is 379 g/mol. The molecule has 2 aromatic carbocycles. The third-order valence-electron chi connectivity index (χ3n) is 4.62. The smallest absolute Gasteiger partial charge is 0.194 e. The van der Waals surface area contributed by atoms with E-state index < -0.39 is 11.3 Å². The van der Waals surface area contributed by atoms with Crippen molar-refractivity contribution in [1.29, 1.82) is 15.8 Å². The fourth-order valence-electron chi connectivity index (χ4n) is 3.20. The highest BCUT2D eigenvalue weighted by molar-refractivity contribution is 6.42. The summed E-state index contributed by atoms with van der Waals surface area (Å²) in [4.78, 5) is 0. The van der Waals surface area contributed by atoms with E-state index in [1.165, 1.54) is 0 Å². The highest BCUT2D eigenvalue weighted by Gasteiger charge is 2.47. The summed E-state index contributed by atoms with van der Waals surface area (Å²) >= 11 is 12.1. The van der Waals surface area contributed by atoms with Gasteiger partial charge in [0.2, 0.25) is 0 Å². The molecule has 130 valence electrons. The molecule has 1 aliphatic carbocycles. The first-order valence-electron chi connectivity index (χ1n) is 7.94. The Morgan fingerprint density at radius 3 is 2.15 bits per heavy atom. The molecule has 0 bridgehead atoms. The van der Waals surface area contributed by atoms with Gasteiger partial charge in [-0.3, -0.25) is 0 Å². The van der Waals surface area contributed by atoms with Crippen molar-refractivity contribution in [2.24, 2.45) is 11.1 Å². The van der Waals surface area contributed by atoms with Crippen molar-refractivity contribution in [3.05, 3.63) is 87.0 Å². The molecule has 0 fully saturated rings. The van der Waals surface area contributed by atoms with Gasteiger partial charge in [-0.2, -0.15) is 15.8 Å². The van der Waals surface area contributed by atoms with E-state index in [4.69, 9.17) is 28.9 Å². The highest BCUT2D eigenvalue weighted by Crippen LogP contribution is 2.49.